The van der Waals surface area contributed by atoms with Crippen molar-refractivity contribution < 1.29 is 54.6 Å². The second-order valence-electron chi connectivity index (χ2n) is 14.2. The van der Waals surface area contributed by atoms with Crippen LogP contribution in [0.15, 0.2) is 90.0 Å². The van der Waals surface area contributed by atoms with E-state index in [0.29, 0.717) is 21.6 Å². The Morgan fingerprint density at radius 3 is 2.16 bits per heavy atom. The number of fused-ring (bicyclic) bond motifs is 1. The molecule has 0 radical (unpaired) electrons. The van der Waals surface area contributed by atoms with Crippen molar-refractivity contribution in [3.05, 3.63) is 102 Å². The second kappa shape index (κ2) is 17.9. The molecule has 0 saturated carbocycles. The lowest BCUT2D eigenvalue weighted by atomic mass is 9.87. The van der Waals surface area contributed by atoms with Gasteiger partial charge in [-0.05, 0) is 58.5 Å². The number of sulfone groups is 1. The van der Waals surface area contributed by atoms with Gasteiger partial charge in [-0.2, -0.15) is 18.2 Å². The van der Waals surface area contributed by atoms with E-state index < -0.39 is 86.9 Å². The number of carbonyl (C=O) groups is 3. The summed E-state index contributed by atoms with van der Waals surface area (Å²) in [6, 6.07) is 17.9. The highest BCUT2D eigenvalue weighted by atomic mass is 35.5. The summed E-state index contributed by atoms with van der Waals surface area (Å²) >= 11 is 0. The standard InChI is InChI=1S/C39H39F4N5O8S.ClH/c1-23(25-10-13-28(40)14-11-25)31(49)18-24-6-8-26(9-7-24)27-12-17-33-45-36(46-47(33)20-27)48(37(51)56-22-55-35(50)34(44)38(2,3)4)30-16-15-29(57(5,52)53)19-32(30)54-21-39(41,42)43;/h6-17,19-20,23,34H,18,21-22,44H2,1-5H3;1H/t23-,34-;/m1./s1. The number of Topliss-reactive ketones (excluding diaryl/α,β-unsaturated/α-hetero) is 1. The molecule has 2 N–H and O–H groups in total. The first-order chi connectivity index (χ1) is 26.6. The lowest BCUT2D eigenvalue weighted by molar-refractivity contribution is -0.156. The highest BCUT2D eigenvalue weighted by Gasteiger charge is 2.33. The summed E-state index contributed by atoms with van der Waals surface area (Å²) in [5.41, 5.74) is 7.74. The normalized spacial score (nSPS) is 12.9. The molecule has 0 unspecified atom stereocenters. The van der Waals surface area contributed by atoms with Gasteiger partial charge in [0, 0.05) is 36.4 Å². The van der Waals surface area contributed by atoms with Crippen molar-refractivity contribution >= 4 is 57.4 Å². The van der Waals surface area contributed by atoms with E-state index in [1.165, 1.54) is 16.6 Å². The number of ether oxygens (including phenoxy) is 3. The molecule has 5 rings (SSSR count). The molecule has 3 aromatic carbocycles. The molecule has 2 aromatic heterocycles. The number of benzene rings is 3. The number of rotatable bonds is 13. The van der Waals surface area contributed by atoms with Crippen molar-refractivity contribution in [1.82, 2.24) is 14.6 Å². The highest BCUT2D eigenvalue weighted by Crippen LogP contribution is 2.37. The van der Waals surface area contributed by atoms with Crippen LogP contribution in [0.5, 0.6) is 5.75 Å². The predicted octanol–water partition coefficient (Wildman–Crippen LogP) is 7.37. The lowest BCUT2D eigenvalue weighted by Gasteiger charge is -2.25. The maximum Gasteiger partial charge on any atom is 0.424 e. The molecule has 0 aliphatic heterocycles. The van der Waals surface area contributed by atoms with Gasteiger partial charge < -0.3 is 19.9 Å². The van der Waals surface area contributed by atoms with E-state index in [1.54, 1.807) is 82.4 Å². The SMILES string of the molecule is C[C@@H](C(=O)Cc1ccc(-c2ccc3nc(N(C(=O)OCOC(=O)[C@@H](N)C(C)(C)C)c4ccc(S(C)(=O)=O)cc4OCC(F)(F)F)nn3c2)cc1)c1ccc(F)cc1.Cl. The van der Waals surface area contributed by atoms with Crippen LogP contribution >= 0.6 is 12.4 Å². The Balaban J connectivity index is 0.00000744. The van der Waals surface area contributed by atoms with Crippen molar-refractivity contribution in [2.75, 3.05) is 24.6 Å². The Hall–Kier alpha value is -5.59. The molecule has 13 nitrogen and oxygen atoms in total. The number of esters is 1. The van der Waals surface area contributed by atoms with E-state index in [2.05, 4.69) is 10.1 Å². The summed E-state index contributed by atoms with van der Waals surface area (Å²) in [6.07, 6.45) is -3.64. The monoisotopic (exact) mass is 849 g/mol. The van der Waals surface area contributed by atoms with E-state index in [0.717, 1.165) is 30.0 Å². The summed E-state index contributed by atoms with van der Waals surface area (Å²) in [6.45, 7) is 4.02. The summed E-state index contributed by atoms with van der Waals surface area (Å²) < 4.78 is 94.5. The maximum atomic E-state index is 13.7. The maximum absolute atomic E-state index is 13.7. The number of hydrogen-bond acceptors (Lipinski definition) is 11. The van der Waals surface area contributed by atoms with Gasteiger partial charge in [-0.3, -0.25) is 9.59 Å². The van der Waals surface area contributed by atoms with Gasteiger partial charge in [-0.1, -0.05) is 64.1 Å². The molecule has 0 spiro atoms. The smallest absolute Gasteiger partial charge is 0.424 e. The molecular formula is C39H40ClF4N5O8S. The minimum Gasteiger partial charge on any atom is -0.482 e. The number of nitrogens with two attached hydrogens (primary N) is 1. The average Bonchev–Trinajstić information content (AvgIpc) is 3.56. The van der Waals surface area contributed by atoms with Crippen LogP contribution in [-0.4, -0.2) is 72.7 Å². The van der Waals surface area contributed by atoms with Gasteiger partial charge in [0.1, 0.15) is 23.4 Å². The molecule has 0 saturated heterocycles. The fourth-order valence-electron chi connectivity index (χ4n) is 5.36. The molecule has 0 fully saturated rings. The zero-order chi connectivity index (χ0) is 41.9. The Bertz CT molecular complexity index is 2390. The minimum absolute atomic E-state index is 0. The molecule has 58 heavy (non-hydrogen) atoms. The molecule has 1 amide bonds. The van der Waals surface area contributed by atoms with Crippen LogP contribution in [0.25, 0.3) is 16.8 Å². The molecule has 2 heterocycles. The average molecular weight is 850 g/mol. The van der Waals surface area contributed by atoms with Crippen molar-refractivity contribution in [1.29, 1.82) is 0 Å². The van der Waals surface area contributed by atoms with Crippen LogP contribution < -0.4 is 15.4 Å². The first-order valence-corrected chi connectivity index (χ1v) is 19.2. The van der Waals surface area contributed by atoms with Gasteiger partial charge in [0.25, 0.3) is 5.95 Å². The van der Waals surface area contributed by atoms with E-state index in [9.17, 15) is 40.4 Å². The number of aromatic nitrogens is 3. The molecule has 2 atom stereocenters. The van der Waals surface area contributed by atoms with E-state index in [-0.39, 0.29) is 30.3 Å². The number of nitrogens with zero attached hydrogens (tertiary/aromatic N) is 4. The largest absolute Gasteiger partial charge is 0.482 e. The second-order valence-corrected chi connectivity index (χ2v) is 16.2. The summed E-state index contributed by atoms with van der Waals surface area (Å²) in [5.74, 6) is -2.90. The Labute approximate surface area is 337 Å². The fourth-order valence-corrected chi connectivity index (χ4v) is 6.00. The number of amides is 1. The topological polar surface area (TPSA) is 172 Å². The lowest BCUT2D eigenvalue weighted by Crippen LogP contribution is -2.43. The number of ketones is 1. The van der Waals surface area contributed by atoms with Crippen LogP contribution in [0, 0.1) is 11.2 Å². The van der Waals surface area contributed by atoms with Crippen LogP contribution in [0.3, 0.4) is 0 Å². The highest BCUT2D eigenvalue weighted by molar-refractivity contribution is 7.90. The van der Waals surface area contributed by atoms with Crippen molar-refractivity contribution in [3.8, 4) is 16.9 Å². The van der Waals surface area contributed by atoms with Crippen molar-refractivity contribution in [2.45, 2.75) is 57.1 Å². The van der Waals surface area contributed by atoms with E-state index in [4.69, 9.17) is 19.9 Å². The summed E-state index contributed by atoms with van der Waals surface area (Å²) in [5, 5.41) is 4.37. The molecule has 0 aliphatic carbocycles. The van der Waals surface area contributed by atoms with Gasteiger partial charge in [0.2, 0.25) is 6.79 Å². The Morgan fingerprint density at radius 1 is 0.914 bits per heavy atom. The first-order valence-electron chi connectivity index (χ1n) is 17.3. The molecule has 19 heteroatoms. The van der Waals surface area contributed by atoms with Gasteiger partial charge in [0.05, 0.1) is 10.6 Å². The number of halogens is 5. The predicted molar refractivity (Wildman–Crippen MR) is 207 cm³/mol. The molecule has 5 aromatic rings. The summed E-state index contributed by atoms with van der Waals surface area (Å²) in [7, 11) is -3.96. The number of hydrogen-bond donors (Lipinski definition) is 1. The number of anilines is 2. The zero-order valence-electron chi connectivity index (χ0n) is 31.8. The molecule has 310 valence electrons. The van der Waals surface area contributed by atoms with Crippen LogP contribution in [-0.2, 0) is 35.3 Å². The molecule has 0 bridgehead atoms. The third-order valence-electron chi connectivity index (χ3n) is 8.78. The fraction of sp³-hybridized carbons (Fsp3) is 0.308. The molecular weight excluding hydrogens is 810 g/mol. The first kappa shape index (κ1) is 45.1. The van der Waals surface area contributed by atoms with Gasteiger partial charge in [-0.25, -0.2) is 27.0 Å². The summed E-state index contributed by atoms with van der Waals surface area (Å²) in [4.78, 5) is 43.7. The third kappa shape index (κ3) is 11.3. The van der Waals surface area contributed by atoms with Gasteiger partial charge in [0.15, 0.2) is 22.1 Å². The quantitative estimate of drug-likeness (QED) is 0.0713. The van der Waals surface area contributed by atoms with Gasteiger partial charge >= 0.3 is 18.2 Å². The van der Waals surface area contributed by atoms with E-state index >= 15 is 0 Å². The number of pyridine rings is 1. The van der Waals surface area contributed by atoms with Crippen LogP contribution in [0.4, 0.5) is 34.0 Å². The number of alkyl halides is 3. The van der Waals surface area contributed by atoms with E-state index in [1.807, 2.05) is 0 Å². The zero-order valence-corrected chi connectivity index (χ0v) is 33.5. The van der Waals surface area contributed by atoms with Gasteiger partial charge in [-0.15, -0.1) is 17.5 Å². The third-order valence-corrected chi connectivity index (χ3v) is 9.89. The Kier molecular flexibility index (Phi) is 13.9. The van der Waals surface area contributed by atoms with Crippen molar-refractivity contribution in [3.63, 3.8) is 0 Å². The van der Waals surface area contributed by atoms with Crippen molar-refractivity contribution in [2.24, 2.45) is 11.1 Å². The number of carbonyl (C=O) groups excluding carboxylic acids is 3. The minimum atomic E-state index is -4.85. The van der Waals surface area contributed by atoms with Crippen LogP contribution in [0.1, 0.15) is 44.7 Å². The Morgan fingerprint density at radius 2 is 1.55 bits per heavy atom. The van der Waals surface area contributed by atoms with Crippen LogP contribution in [0.2, 0.25) is 0 Å². The molecule has 0 aliphatic rings.